The summed E-state index contributed by atoms with van der Waals surface area (Å²) in [5.74, 6) is -0.0371. The molecule has 0 saturated carbocycles. The average Bonchev–Trinajstić information content (AvgIpc) is 3.03. The van der Waals surface area contributed by atoms with Gasteiger partial charge in [-0.2, -0.15) is 4.31 Å². The van der Waals surface area contributed by atoms with E-state index < -0.39 is 25.9 Å². The molecule has 2 saturated heterocycles. The molecule has 1 aromatic carbocycles. The lowest BCUT2D eigenvalue weighted by Crippen LogP contribution is -2.44. The van der Waals surface area contributed by atoms with Gasteiger partial charge in [-0.1, -0.05) is 6.07 Å². The lowest BCUT2D eigenvalue weighted by Gasteiger charge is -2.31. The van der Waals surface area contributed by atoms with Crippen LogP contribution in [0.5, 0.6) is 0 Å². The molecular formula is C21H34N2O5S2. The molecule has 2 aliphatic heterocycles. The molecule has 0 bridgehead atoms. The fourth-order valence-electron chi connectivity index (χ4n) is 4.46. The highest BCUT2D eigenvalue weighted by Crippen LogP contribution is 2.32. The Bertz CT molecular complexity index is 957. The van der Waals surface area contributed by atoms with Gasteiger partial charge in [0.25, 0.3) is 0 Å². The Morgan fingerprint density at radius 2 is 1.70 bits per heavy atom. The Morgan fingerprint density at radius 3 is 2.23 bits per heavy atom. The smallest absolute Gasteiger partial charge is 0.243 e. The number of sulfone groups is 1. The summed E-state index contributed by atoms with van der Waals surface area (Å²) in [6.07, 6.45) is 1.03. The number of morpholine rings is 1. The minimum atomic E-state index is -3.82. The largest absolute Gasteiger partial charge is 0.379 e. The molecule has 3 rings (SSSR count). The van der Waals surface area contributed by atoms with Crippen LogP contribution in [0.15, 0.2) is 11.0 Å². The molecule has 2 fully saturated rings. The number of rotatable bonds is 7. The van der Waals surface area contributed by atoms with Crippen LogP contribution in [0.4, 0.5) is 0 Å². The fraction of sp³-hybridized carbons (Fsp3) is 0.714. The van der Waals surface area contributed by atoms with Crippen molar-refractivity contribution in [2.45, 2.75) is 51.5 Å². The van der Waals surface area contributed by atoms with Gasteiger partial charge in [0.2, 0.25) is 10.0 Å². The summed E-state index contributed by atoms with van der Waals surface area (Å²) in [6, 6.07) is 1.51. The van der Waals surface area contributed by atoms with Crippen molar-refractivity contribution in [3.63, 3.8) is 0 Å². The van der Waals surface area contributed by atoms with Crippen LogP contribution in [0.1, 0.15) is 35.1 Å². The molecule has 0 N–H and O–H groups in total. The summed E-state index contributed by atoms with van der Waals surface area (Å²) < 4.78 is 58.8. The first kappa shape index (κ1) is 23.7. The first-order chi connectivity index (χ1) is 14.0. The van der Waals surface area contributed by atoms with Crippen molar-refractivity contribution in [2.75, 3.05) is 50.9 Å². The maximum atomic E-state index is 13.9. The van der Waals surface area contributed by atoms with Gasteiger partial charge in [0.1, 0.15) is 0 Å². The molecule has 0 spiro atoms. The second-order valence-corrected chi connectivity index (χ2v) is 12.6. The third-order valence-electron chi connectivity index (χ3n) is 6.44. The minimum Gasteiger partial charge on any atom is -0.379 e. The molecule has 170 valence electrons. The van der Waals surface area contributed by atoms with E-state index in [0.717, 1.165) is 41.9 Å². The summed E-state index contributed by atoms with van der Waals surface area (Å²) in [6.45, 7) is 11.7. The Morgan fingerprint density at radius 1 is 1.10 bits per heavy atom. The van der Waals surface area contributed by atoms with Gasteiger partial charge in [0, 0.05) is 25.7 Å². The molecule has 30 heavy (non-hydrogen) atoms. The molecule has 0 radical (unpaired) electrons. The zero-order valence-electron chi connectivity index (χ0n) is 18.5. The third kappa shape index (κ3) is 5.07. The average molecular weight is 459 g/mol. The molecule has 1 atom stereocenters. The van der Waals surface area contributed by atoms with Crippen molar-refractivity contribution < 1.29 is 21.6 Å². The Balaban J connectivity index is 1.91. The number of hydrogen-bond acceptors (Lipinski definition) is 6. The quantitative estimate of drug-likeness (QED) is 0.620. The van der Waals surface area contributed by atoms with Crippen LogP contribution in [0.2, 0.25) is 0 Å². The van der Waals surface area contributed by atoms with E-state index in [1.54, 1.807) is 0 Å². The van der Waals surface area contributed by atoms with Crippen molar-refractivity contribution in [3.05, 3.63) is 28.3 Å². The Labute approximate surface area is 181 Å². The van der Waals surface area contributed by atoms with Crippen molar-refractivity contribution in [1.82, 2.24) is 9.21 Å². The molecular weight excluding hydrogens is 424 g/mol. The molecule has 2 aliphatic rings. The van der Waals surface area contributed by atoms with E-state index in [1.165, 1.54) is 4.31 Å². The third-order valence-corrected chi connectivity index (χ3v) is 10.4. The van der Waals surface area contributed by atoms with Gasteiger partial charge in [0.15, 0.2) is 9.84 Å². The number of ether oxygens (including phenoxy) is 1. The molecule has 0 amide bonds. The summed E-state index contributed by atoms with van der Waals surface area (Å²) in [5.41, 5.74) is 3.36. The standard InChI is InChI=1S/C21H34N2O5S2/c1-16-14-17(2)19(4)21(18(16)3)30(26,27)23(20-6-13-29(24,25)15-20)8-5-7-22-9-11-28-12-10-22/h14,20H,5-13,15H2,1-4H3. The number of sulfonamides is 1. The maximum Gasteiger partial charge on any atom is 0.243 e. The normalized spacial score (nSPS) is 22.6. The van der Waals surface area contributed by atoms with Gasteiger partial charge in [-0.3, -0.25) is 4.90 Å². The lowest BCUT2D eigenvalue weighted by molar-refractivity contribution is 0.0367. The second-order valence-electron chi connectivity index (χ2n) is 8.57. The maximum absolute atomic E-state index is 13.9. The van der Waals surface area contributed by atoms with E-state index in [1.807, 2.05) is 33.8 Å². The van der Waals surface area contributed by atoms with Gasteiger partial charge in [-0.05, 0) is 69.3 Å². The highest BCUT2D eigenvalue weighted by Gasteiger charge is 2.40. The van der Waals surface area contributed by atoms with Crippen molar-refractivity contribution in [3.8, 4) is 0 Å². The van der Waals surface area contributed by atoms with E-state index in [4.69, 9.17) is 4.74 Å². The summed E-state index contributed by atoms with van der Waals surface area (Å²) in [5, 5.41) is 0. The summed E-state index contributed by atoms with van der Waals surface area (Å²) in [7, 11) is -7.02. The number of hydrogen-bond donors (Lipinski definition) is 0. The molecule has 1 unspecified atom stereocenters. The number of aryl methyl sites for hydroxylation is 2. The predicted molar refractivity (Wildman–Crippen MR) is 118 cm³/mol. The van der Waals surface area contributed by atoms with Crippen molar-refractivity contribution >= 4 is 19.9 Å². The number of benzene rings is 1. The summed E-state index contributed by atoms with van der Waals surface area (Å²) >= 11 is 0. The number of nitrogens with zero attached hydrogens (tertiary/aromatic N) is 2. The first-order valence-electron chi connectivity index (χ1n) is 10.6. The van der Waals surface area contributed by atoms with Crippen molar-refractivity contribution in [1.29, 1.82) is 0 Å². The van der Waals surface area contributed by atoms with Crippen LogP contribution in [0, 0.1) is 27.7 Å². The minimum absolute atomic E-state index is 0.0535. The Hall–Kier alpha value is -1.00. The first-order valence-corrected chi connectivity index (χ1v) is 13.9. The molecule has 9 heteroatoms. The van der Waals surface area contributed by atoms with Crippen LogP contribution in [0.25, 0.3) is 0 Å². The lowest BCUT2D eigenvalue weighted by atomic mass is 10.0. The SMILES string of the molecule is Cc1cc(C)c(C)c(S(=O)(=O)N(CCCN2CCOCC2)C2CCS(=O)(=O)C2)c1C. The van der Waals surface area contributed by atoms with Gasteiger partial charge >= 0.3 is 0 Å². The van der Waals surface area contributed by atoms with E-state index in [-0.39, 0.29) is 11.5 Å². The topological polar surface area (TPSA) is 84.0 Å². The van der Waals surface area contributed by atoms with Crippen LogP contribution in [0.3, 0.4) is 0 Å². The van der Waals surface area contributed by atoms with Gasteiger partial charge in [-0.25, -0.2) is 16.8 Å². The van der Waals surface area contributed by atoms with Crippen LogP contribution in [-0.2, 0) is 24.6 Å². The van der Waals surface area contributed by atoms with Crippen LogP contribution >= 0.6 is 0 Å². The summed E-state index contributed by atoms with van der Waals surface area (Å²) in [4.78, 5) is 2.61. The Kier molecular flexibility index (Phi) is 7.29. The molecule has 1 aromatic rings. The monoisotopic (exact) mass is 458 g/mol. The van der Waals surface area contributed by atoms with Gasteiger partial charge in [-0.15, -0.1) is 0 Å². The second kappa shape index (κ2) is 9.24. The van der Waals surface area contributed by atoms with E-state index in [0.29, 0.717) is 37.5 Å². The van der Waals surface area contributed by atoms with E-state index >= 15 is 0 Å². The zero-order chi connectivity index (χ0) is 22.1. The molecule has 2 heterocycles. The highest BCUT2D eigenvalue weighted by molar-refractivity contribution is 7.92. The van der Waals surface area contributed by atoms with E-state index in [2.05, 4.69) is 4.90 Å². The van der Waals surface area contributed by atoms with Gasteiger partial charge in [0.05, 0.1) is 29.6 Å². The van der Waals surface area contributed by atoms with Crippen molar-refractivity contribution in [2.24, 2.45) is 0 Å². The van der Waals surface area contributed by atoms with Gasteiger partial charge < -0.3 is 4.74 Å². The van der Waals surface area contributed by atoms with Crippen LogP contribution < -0.4 is 0 Å². The fourth-order valence-corrected chi connectivity index (χ4v) is 8.56. The predicted octanol–water partition coefficient (Wildman–Crippen LogP) is 1.82. The zero-order valence-corrected chi connectivity index (χ0v) is 20.1. The molecule has 0 aromatic heterocycles. The molecule has 0 aliphatic carbocycles. The van der Waals surface area contributed by atoms with Crippen LogP contribution in [-0.4, -0.2) is 83.0 Å². The highest BCUT2D eigenvalue weighted by atomic mass is 32.2. The van der Waals surface area contributed by atoms with E-state index in [9.17, 15) is 16.8 Å². The molecule has 7 nitrogen and oxygen atoms in total.